The second-order valence-corrected chi connectivity index (χ2v) is 9.86. The number of carbonyl (C=O) groups excluding carboxylic acids is 1. The van der Waals surface area contributed by atoms with Crippen LogP contribution in [-0.2, 0) is 9.53 Å². The second kappa shape index (κ2) is 6.64. The Morgan fingerprint density at radius 3 is 2.64 bits per heavy atom. The molecule has 0 amide bonds. The lowest BCUT2D eigenvalue weighted by molar-refractivity contribution is -0.151. The average Bonchev–Trinajstić information content (AvgIpc) is 2.98. The minimum Gasteiger partial charge on any atom is -0.389 e. The Labute approximate surface area is 152 Å². The zero-order valence-electron chi connectivity index (χ0n) is 16.1. The van der Waals surface area contributed by atoms with Crippen LogP contribution in [0.5, 0.6) is 0 Å². The fourth-order valence-corrected chi connectivity index (χ4v) is 8.26. The molecule has 6 unspecified atom stereocenters. The maximum atomic E-state index is 12.4. The summed E-state index contributed by atoms with van der Waals surface area (Å²) in [6.07, 6.45) is 12.9. The van der Waals surface area contributed by atoms with Gasteiger partial charge in [-0.1, -0.05) is 19.8 Å². The number of hydrogen-bond acceptors (Lipinski definition) is 3. The van der Waals surface area contributed by atoms with Crippen molar-refractivity contribution in [3.8, 4) is 0 Å². The lowest BCUT2D eigenvalue weighted by Gasteiger charge is -2.61. The highest BCUT2D eigenvalue weighted by Gasteiger charge is 2.61. The molecule has 0 aromatic carbocycles. The molecule has 3 nitrogen and oxygen atoms in total. The fraction of sp³-hybridized carbons (Fsp3) is 0.955. The number of Topliss-reactive ketones (excluding diaryl/α,β-unsaturated/α-hetero) is 1. The molecule has 0 aliphatic heterocycles. The van der Waals surface area contributed by atoms with E-state index in [0.29, 0.717) is 11.3 Å². The normalized spacial score (nSPS) is 49.2. The standard InChI is InChI=1S/C22H36O3/c1-21-12-10-18-16(17(21)8-9-19(21)20(24)13-23)7-6-15-5-3-4-11-22(15,18)14-25-2/h15-19,23H,3-14H2,1-2H3/t15?,16?,17?,18?,19-,21?,22?/m1/s1. The van der Waals surface area contributed by atoms with Crippen LogP contribution in [-0.4, -0.2) is 31.2 Å². The van der Waals surface area contributed by atoms with Gasteiger partial charge in [-0.25, -0.2) is 0 Å². The molecule has 25 heavy (non-hydrogen) atoms. The van der Waals surface area contributed by atoms with Crippen molar-refractivity contribution >= 4 is 5.78 Å². The van der Waals surface area contributed by atoms with Crippen molar-refractivity contribution in [3.05, 3.63) is 0 Å². The number of methoxy groups -OCH3 is 1. The highest BCUT2D eigenvalue weighted by molar-refractivity contribution is 5.83. The number of rotatable bonds is 4. The van der Waals surface area contributed by atoms with Crippen LogP contribution in [0.2, 0.25) is 0 Å². The highest BCUT2D eigenvalue weighted by atomic mass is 16.5. The summed E-state index contributed by atoms with van der Waals surface area (Å²) in [7, 11) is 1.89. The maximum Gasteiger partial charge on any atom is 0.161 e. The first kappa shape index (κ1) is 18.0. The van der Waals surface area contributed by atoms with E-state index in [1.807, 2.05) is 7.11 Å². The van der Waals surface area contributed by atoms with E-state index in [9.17, 15) is 9.90 Å². The first-order valence-electron chi connectivity index (χ1n) is 10.7. The average molecular weight is 349 g/mol. The van der Waals surface area contributed by atoms with Crippen molar-refractivity contribution < 1.29 is 14.6 Å². The van der Waals surface area contributed by atoms with Gasteiger partial charge in [0.1, 0.15) is 6.61 Å². The number of aliphatic hydroxyl groups excluding tert-OH is 1. The second-order valence-electron chi connectivity index (χ2n) is 9.86. The van der Waals surface area contributed by atoms with Crippen molar-refractivity contribution in [2.75, 3.05) is 20.3 Å². The number of fused-ring (bicyclic) bond motifs is 5. The largest absolute Gasteiger partial charge is 0.389 e. The van der Waals surface area contributed by atoms with E-state index in [1.54, 1.807) is 0 Å². The summed E-state index contributed by atoms with van der Waals surface area (Å²) < 4.78 is 5.82. The molecule has 0 aromatic rings. The molecule has 7 atom stereocenters. The third-order valence-electron chi connectivity index (χ3n) is 9.24. The fourth-order valence-electron chi connectivity index (χ4n) is 8.26. The van der Waals surface area contributed by atoms with Crippen LogP contribution in [0.3, 0.4) is 0 Å². The minimum atomic E-state index is -0.267. The molecule has 0 aromatic heterocycles. The van der Waals surface area contributed by atoms with E-state index < -0.39 is 0 Å². The first-order chi connectivity index (χ1) is 12.1. The number of ketones is 1. The van der Waals surface area contributed by atoms with Crippen LogP contribution in [0.15, 0.2) is 0 Å². The molecule has 4 saturated carbocycles. The molecule has 4 aliphatic rings. The summed E-state index contributed by atoms with van der Waals surface area (Å²) in [5.41, 5.74) is 0.549. The molecular weight excluding hydrogens is 312 g/mol. The lowest BCUT2D eigenvalue weighted by Crippen LogP contribution is -2.56. The lowest BCUT2D eigenvalue weighted by atomic mass is 9.44. The van der Waals surface area contributed by atoms with Gasteiger partial charge in [-0.3, -0.25) is 4.79 Å². The van der Waals surface area contributed by atoms with Crippen molar-refractivity contribution in [1.82, 2.24) is 0 Å². The van der Waals surface area contributed by atoms with Crippen LogP contribution in [0.4, 0.5) is 0 Å². The van der Waals surface area contributed by atoms with E-state index in [0.717, 1.165) is 30.8 Å². The molecule has 0 radical (unpaired) electrons. The van der Waals surface area contributed by atoms with Gasteiger partial charge in [0.05, 0.1) is 6.61 Å². The summed E-state index contributed by atoms with van der Waals surface area (Å²) in [6.45, 7) is 3.05. The summed E-state index contributed by atoms with van der Waals surface area (Å²) in [6, 6.07) is 0. The summed E-state index contributed by atoms with van der Waals surface area (Å²) in [5.74, 6) is 3.33. The molecule has 3 heteroatoms. The SMILES string of the molecule is COCC12CCCCC1CCC1C2CCC2(C)C1CC[C@@H]2C(=O)CO. The van der Waals surface area contributed by atoms with Crippen LogP contribution >= 0.6 is 0 Å². The Balaban J connectivity index is 1.63. The van der Waals surface area contributed by atoms with Crippen LogP contribution in [0, 0.1) is 40.4 Å². The Bertz CT molecular complexity index is 513. The molecule has 0 spiro atoms. The molecule has 0 saturated heterocycles. The van der Waals surface area contributed by atoms with Gasteiger partial charge in [-0.05, 0) is 85.9 Å². The molecule has 4 fully saturated rings. The van der Waals surface area contributed by atoms with Crippen molar-refractivity contribution in [1.29, 1.82) is 0 Å². The predicted molar refractivity (Wildman–Crippen MR) is 98.1 cm³/mol. The van der Waals surface area contributed by atoms with Gasteiger partial charge in [-0.2, -0.15) is 0 Å². The van der Waals surface area contributed by atoms with E-state index in [4.69, 9.17) is 4.74 Å². The van der Waals surface area contributed by atoms with Gasteiger partial charge >= 0.3 is 0 Å². The van der Waals surface area contributed by atoms with Crippen molar-refractivity contribution in [3.63, 3.8) is 0 Å². The van der Waals surface area contributed by atoms with E-state index in [-0.39, 0.29) is 23.7 Å². The Morgan fingerprint density at radius 2 is 1.88 bits per heavy atom. The molecule has 4 aliphatic carbocycles. The Morgan fingerprint density at radius 1 is 1.04 bits per heavy atom. The zero-order chi connectivity index (χ0) is 17.7. The molecule has 1 N–H and O–H groups in total. The molecular formula is C22H36O3. The van der Waals surface area contributed by atoms with Gasteiger partial charge < -0.3 is 9.84 Å². The Hall–Kier alpha value is -0.410. The van der Waals surface area contributed by atoms with Gasteiger partial charge in [0.15, 0.2) is 5.78 Å². The van der Waals surface area contributed by atoms with Gasteiger partial charge in [0.25, 0.3) is 0 Å². The maximum absolute atomic E-state index is 12.4. The van der Waals surface area contributed by atoms with Crippen LogP contribution in [0.1, 0.15) is 71.1 Å². The third-order valence-corrected chi connectivity index (χ3v) is 9.24. The van der Waals surface area contributed by atoms with Crippen LogP contribution < -0.4 is 0 Å². The highest BCUT2D eigenvalue weighted by Crippen LogP contribution is 2.67. The van der Waals surface area contributed by atoms with E-state index in [2.05, 4.69) is 6.92 Å². The van der Waals surface area contributed by atoms with Crippen molar-refractivity contribution in [2.45, 2.75) is 71.1 Å². The van der Waals surface area contributed by atoms with Crippen LogP contribution in [0.25, 0.3) is 0 Å². The minimum absolute atomic E-state index is 0.0985. The molecule has 0 bridgehead atoms. The number of ether oxygens (including phenoxy) is 1. The summed E-state index contributed by atoms with van der Waals surface area (Å²) in [5, 5.41) is 9.43. The quantitative estimate of drug-likeness (QED) is 0.827. The third kappa shape index (κ3) is 2.56. The number of hydrogen-bond donors (Lipinski definition) is 1. The van der Waals surface area contributed by atoms with Gasteiger partial charge in [0, 0.05) is 13.0 Å². The smallest absolute Gasteiger partial charge is 0.161 e. The summed E-state index contributed by atoms with van der Waals surface area (Å²) >= 11 is 0. The Kier molecular flexibility index (Phi) is 4.77. The van der Waals surface area contributed by atoms with Crippen molar-refractivity contribution in [2.24, 2.45) is 40.4 Å². The van der Waals surface area contributed by atoms with E-state index in [1.165, 1.54) is 57.8 Å². The zero-order valence-corrected chi connectivity index (χ0v) is 16.1. The molecule has 4 rings (SSSR count). The number of aliphatic hydroxyl groups is 1. The molecule has 0 heterocycles. The van der Waals surface area contributed by atoms with Gasteiger partial charge in [0.2, 0.25) is 0 Å². The monoisotopic (exact) mass is 348 g/mol. The van der Waals surface area contributed by atoms with Gasteiger partial charge in [-0.15, -0.1) is 0 Å². The molecule has 142 valence electrons. The summed E-state index contributed by atoms with van der Waals surface area (Å²) in [4.78, 5) is 12.4. The predicted octanol–water partition coefficient (Wildman–Crippen LogP) is 4.22. The topological polar surface area (TPSA) is 46.5 Å². The first-order valence-corrected chi connectivity index (χ1v) is 10.7. The van der Waals surface area contributed by atoms with E-state index >= 15 is 0 Å². The number of carbonyl (C=O) groups is 1.